The van der Waals surface area contributed by atoms with Gasteiger partial charge in [-0.3, -0.25) is 14.5 Å². The molecule has 184 valence electrons. The van der Waals surface area contributed by atoms with Crippen molar-refractivity contribution in [3.05, 3.63) is 21.7 Å². The highest BCUT2D eigenvalue weighted by Gasteiger charge is 2.54. The van der Waals surface area contributed by atoms with Gasteiger partial charge in [0.25, 0.3) is 11.8 Å². The molecule has 0 radical (unpaired) electrons. The summed E-state index contributed by atoms with van der Waals surface area (Å²) in [5.41, 5.74) is 5.65. The maximum Gasteiger partial charge on any atom is 0.353 e. The number of carbonyl (C=O) groups is 3. The highest BCUT2D eigenvalue weighted by Crippen LogP contribution is 2.44. The number of rotatable bonds is 8. The molecule has 15 heteroatoms. The summed E-state index contributed by atoms with van der Waals surface area (Å²) in [5.74, 6) is -2.18. The SMILES string of the molecule is CO/N=C(\C(=O)NC1C(=O)N2C(C(=O)O)=C(SCC3COC(C)(C)O3)CS[C@@H]12)c1csc(N)n1. The molecule has 4 N–H and O–H groups in total. The summed E-state index contributed by atoms with van der Waals surface area (Å²) in [6, 6.07) is -0.913. The fraction of sp³-hybridized carbons (Fsp3) is 0.526. The standard InChI is InChI=1S/C19H23N5O7S3/c1-19(2)30-4-8(31-19)5-32-10-7-33-16-12(15(26)24(16)13(10)17(27)28)22-14(25)11(23-29-3)9-6-34-18(20)21-9/h6,8,12,16H,4-5,7H2,1-3H3,(H2,20,21)(H,22,25)(H,27,28)/b23-11-/t8?,12?,16-/m0/s1. The van der Waals surface area contributed by atoms with Crippen molar-refractivity contribution in [2.75, 3.05) is 31.0 Å². The molecule has 34 heavy (non-hydrogen) atoms. The molecule has 2 fully saturated rings. The number of thioether (sulfide) groups is 2. The fourth-order valence-corrected chi connectivity index (χ4v) is 6.80. The number of hydrogen-bond acceptors (Lipinski definition) is 12. The Balaban J connectivity index is 1.45. The van der Waals surface area contributed by atoms with Crippen LogP contribution in [-0.2, 0) is 28.7 Å². The minimum atomic E-state index is -1.20. The third-order valence-corrected chi connectivity index (χ3v) is 8.46. The van der Waals surface area contributed by atoms with Gasteiger partial charge in [-0.2, -0.15) is 0 Å². The second-order valence-electron chi connectivity index (χ2n) is 7.89. The van der Waals surface area contributed by atoms with Crippen LogP contribution in [0.3, 0.4) is 0 Å². The summed E-state index contributed by atoms with van der Waals surface area (Å²) in [6.45, 7) is 4.05. The molecule has 1 aromatic heterocycles. The number of β-lactam (4-membered cyclic amide) rings is 1. The first kappa shape index (κ1) is 24.8. The number of carbonyl (C=O) groups excluding carboxylic acids is 2. The lowest BCUT2D eigenvalue weighted by Crippen LogP contribution is -2.71. The number of anilines is 1. The largest absolute Gasteiger partial charge is 0.477 e. The third-order valence-electron chi connectivity index (χ3n) is 5.10. The van der Waals surface area contributed by atoms with Crippen molar-refractivity contribution < 1.29 is 33.8 Å². The van der Waals surface area contributed by atoms with E-state index in [0.717, 1.165) is 11.3 Å². The molecule has 1 aromatic rings. The maximum atomic E-state index is 12.9. The molecule has 4 rings (SSSR count). The van der Waals surface area contributed by atoms with Crippen LogP contribution in [0.2, 0.25) is 0 Å². The summed E-state index contributed by atoms with van der Waals surface area (Å²) < 4.78 is 11.3. The number of hydrogen-bond donors (Lipinski definition) is 3. The molecular weight excluding hydrogens is 506 g/mol. The minimum Gasteiger partial charge on any atom is -0.477 e. The number of oxime groups is 1. The Morgan fingerprint density at radius 1 is 1.50 bits per heavy atom. The summed E-state index contributed by atoms with van der Waals surface area (Å²) >= 11 is 3.84. The second-order valence-corrected chi connectivity index (χ2v) is 11.0. The van der Waals surface area contributed by atoms with Crippen LogP contribution in [0.5, 0.6) is 0 Å². The van der Waals surface area contributed by atoms with Crippen molar-refractivity contribution in [1.29, 1.82) is 0 Å². The third kappa shape index (κ3) is 4.88. The molecule has 0 aromatic carbocycles. The molecule has 12 nitrogen and oxygen atoms in total. The zero-order chi connectivity index (χ0) is 24.6. The zero-order valence-electron chi connectivity index (χ0n) is 18.5. The quantitative estimate of drug-likeness (QED) is 0.246. The molecule has 3 atom stereocenters. The van der Waals surface area contributed by atoms with Gasteiger partial charge in [-0.1, -0.05) is 5.16 Å². The van der Waals surface area contributed by atoms with Gasteiger partial charge in [-0.05, 0) is 13.8 Å². The number of carboxylic acid groups (broad SMARTS) is 1. The van der Waals surface area contributed by atoms with Crippen LogP contribution in [0.15, 0.2) is 21.1 Å². The molecule has 0 bridgehead atoms. The molecule has 3 aliphatic heterocycles. The summed E-state index contributed by atoms with van der Waals surface area (Å²) in [4.78, 5) is 48.3. The van der Waals surface area contributed by atoms with Gasteiger partial charge in [0.2, 0.25) is 0 Å². The number of thiazole rings is 1. The van der Waals surface area contributed by atoms with Crippen molar-refractivity contribution in [3.63, 3.8) is 0 Å². The first-order valence-corrected chi connectivity index (χ1v) is 13.0. The van der Waals surface area contributed by atoms with Crippen LogP contribution in [0.25, 0.3) is 0 Å². The second kappa shape index (κ2) is 9.73. The number of ether oxygens (including phenoxy) is 2. The number of amides is 2. The maximum absolute atomic E-state index is 12.9. The lowest BCUT2D eigenvalue weighted by atomic mass is 10.0. The molecule has 2 amide bonds. The zero-order valence-corrected chi connectivity index (χ0v) is 20.9. The highest BCUT2D eigenvalue weighted by atomic mass is 32.2. The van der Waals surface area contributed by atoms with Gasteiger partial charge in [0.05, 0.1) is 12.7 Å². The Labute approximate surface area is 207 Å². The van der Waals surface area contributed by atoms with Crippen LogP contribution in [-0.4, -0.2) is 87.0 Å². The van der Waals surface area contributed by atoms with E-state index in [4.69, 9.17) is 20.0 Å². The van der Waals surface area contributed by atoms with Gasteiger partial charge < -0.3 is 30.5 Å². The van der Waals surface area contributed by atoms with Crippen LogP contribution in [0, 0.1) is 0 Å². The minimum absolute atomic E-state index is 0.0690. The Morgan fingerprint density at radius 3 is 2.85 bits per heavy atom. The van der Waals surface area contributed by atoms with Gasteiger partial charge in [-0.15, -0.1) is 34.9 Å². The molecule has 0 aliphatic carbocycles. The van der Waals surface area contributed by atoms with Gasteiger partial charge >= 0.3 is 5.97 Å². The number of nitrogens with two attached hydrogens (primary N) is 1. The molecular formula is C19H23N5O7S3. The fourth-order valence-electron chi connectivity index (χ4n) is 3.64. The van der Waals surface area contributed by atoms with E-state index in [1.807, 2.05) is 13.8 Å². The van der Waals surface area contributed by atoms with Crippen LogP contribution >= 0.6 is 34.9 Å². The van der Waals surface area contributed by atoms with E-state index in [-0.39, 0.29) is 28.3 Å². The number of fused-ring (bicyclic) bond motifs is 1. The van der Waals surface area contributed by atoms with Crippen molar-refractivity contribution in [2.45, 2.75) is 37.2 Å². The Morgan fingerprint density at radius 2 is 2.26 bits per heavy atom. The first-order chi connectivity index (χ1) is 16.1. The molecule has 3 aliphatic rings. The van der Waals surface area contributed by atoms with Crippen molar-refractivity contribution in [3.8, 4) is 0 Å². The van der Waals surface area contributed by atoms with Crippen LogP contribution < -0.4 is 11.1 Å². The molecule has 0 saturated carbocycles. The highest BCUT2D eigenvalue weighted by molar-refractivity contribution is 8.06. The smallest absolute Gasteiger partial charge is 0.353 e. The van der Waals surface area contributed by atoms with E-state index in [1.54, 1.807) is 5.38 Å². The van der Waals surface area contributed by atoms with Crippen molar-refractivity contribution in [1.82, 2.24) is 15.2 Å². The van der Waals surface area contributed by atoms with Gasteiger partial charge in [0.15, 0.2) is 16.6 Å². The molecule has 2 unspecified atom stereocenters. The number of aliphatic carboxylic acids is 1. The number of aromatic nitrogens is 1. The predicted octanol–water partition coefficient (Wildman–Crippen LogP) is 0.657. The van der Waals surface area contributed by atoms with E-state index in [2.05, 4.69) is 15.5 Å². The first-order valence-electron chi connectivity index (χ1n) is 10.1. The number of nitrogen functional groups attached to an aromatic ring is 1. The number of nitrogens with one attached hydrogen (secondary N) is 1. The van der Waals surface area contributed by atoms with E-state index in [0.29, 0.717) is 23.0 Å². The number of carboxylic acids is 1. The average molecular weight is 530 g/mol. The lowest BCUT2D eigenvalue weighted by molar-refractivity contribution is -0.150. The van der Waals surface area contributed by atoms with Crippen molar-refractivity contribution in [2.24, 2.45) is 5.16 Å². The summed E-state index contributed by atoms with van der Waals surface area (Å²) in [5, 5.41) is 17.4. The van der Waals surface area contributed by atoms with E-state index < -0.39 is 35.0 Å². The van der Waals surface area contributed by atoms with Crippen molar-refractivity contribution >= 4 is 63.5 Å². The normalized spacial score (nSPS) is 26.2. The monoisotopic (exact) mass is 529 g/mol. The molecule has 0 spiro atoms. The summed E-state index contributed by atoms with van der Waals surface area (Å²) in [6.07, 6.45) is -0.178. The van der Waals surface area contributed by atoms with E-state index in [9.17, 15) is 19.5 Å². The Bertz CT molecular complexity index is 1070. The van der Waals surface area contributed by atoms with E-state index >= 15 is 0 Å². The topological polar surface area (TPSA) is 166 Å². The van der Waals surface area contributed by atoms with Gasteiger partial charge in [0, 0.05) is 21.8 Å². The van der Waals surface area contributed by atoms with Crippen LogP contribution in [0.4, 0.5) is 5.13 Å². The van der Waals surface area contributed by atoms with Gasteiger partial charge in [-0.25, -0.2) is 9.78 Å². The Kier molecular flexibility index (Phi) is 7.09. The Hall–Kier alpha value is -2.33. The molecule has 2 saturated heterocycles. The predicted molar refractivity (Wildman–Crippen MR) is 127 cm³/mol. The lowest BCUT2D eigenvalue weighted by Gasteiger charge is -2.49. The average Bonchev–Trinajstić information content (AvgIpc) is 3.37. The summed E-state index contributed by atoms with van der Waals surface area (Å²) in [7, 11) is 1.28. The van der Waals surface area contributed by atoms with Crippen LogP contribution in [0.1, 0.15) is 19.5 Å². The van der Waals surface area contributed by atoms with Gasteiger partial charge in [0.1, 0.15) is 29.9 Å². The number of nitrogens with zero attached hydrogens (tertiary/aromatic N) is 3. The van der Waals surface area contributed by atoms with E-state index in [1.165, 1.54) is 35.5 Å². The molecule has 4 heterocycles.